The number of carbonyl (C=O) groups excluding carboxylic acids is 1. The molecule has 1 saturated carbocycles. The molecular formula is C33H53F2N3O4. The van der Waals surface area contributed by atoms with Gasteiger partial charge < -0.3 is 19.8 Å². The number of carbonyl (C=O) groups is 1. The first-order chi connectivity index (χ1) is 18.9. The molecule has 0 aromatic carbocycles. The second-order valence-corrected chi connectivity index (χ2v) is 13.2. The molecule has 2 aromatic heterocycles. The van der Waals surface area contributed by atoms with Crippen LogP contribution in [0.5, 0.6) is 0 Å². The summed E-state index contributed by atoms with van der Waals surface area (Å²) in [6, 6.07) is 1.13. The van der Waals surface area contributed by atoms with E-state index in [0.717, 1.165) is 48.9 Å². The van der Waals surface area contributed by atoms with Gasteiger partial charge in [0.2, 0.25) is 5.95 Å². The summed E-state index contributed by atoms with van der Waals surface area (Å²) in [4.78, 5) is 22.7. The average molecular weight is 594 g/mol. The molecule has 1 saturated heterocycles. The van der Waals surface area contributed by atoms with Gasteiger partial charge in [-0.15, -0.1) is 0 Å². The molecule has 2 N–H and O–H groups in total. The molecule has 42 heavy (non-hydrogen) atoms. The molecule has 2 fully saturated rings. The number of hydrogen-bond donors (Lipinski definition) is 2. The van der Waals surface area contributed by atoms with Crippen LogP contribution in [-0.2, 0) is 16.0 Å². The Morgan fingerprint density at radius 2 is 1.67 bits per heavy atom. The summed E-state index contributed by atoms with van der Waals surface area (Å²) >= 11 is 0. The van der Waals surface area contributed by atoms with Crippen molar-refractivity contribution in [2.24, 2.45) is 11.3 Å². The van der Waals surface area contributed by atoms with Crippen molar-refractivity contribution in [1.29, 1.82) is 0 Å². The number of aromatic nitrogens is 2. The third kappa shape index (κ3) is 12.7. The summed E-state index contributed by atoms with van der Waals surface area (Å²) in [7, 11) is 0. The Labute approximate surface area is 251 Å². The van der Waals surface area contributed by atoms with Gasteiger partial charge in [0.05, 0.1) is 29.9 Å². The standard InChI is InChI=1S/C23H29F2N3O2.C5H10O.C4H10O.CH4/c1-14(2)30-20(29)11-17-15(3)26-13-18(16-10-19(24)22(25)27-12-16)21(17)28-8-6-23(4,5)7-9-28;1-4(6)5-2-3-5;1-4(2,3)5;/h10,12-14H,6-9,11H2,1-5H3;4-6H,2-3H2,1H3;5H,1-3H3;1H4. The Balaban J connectivity index is 0.000000618. The van der Waals surface area contributed by atoms with E-state index in [1.165, 1.54) is 19.0 Å². The fourth-order valence-electron chi connectivity index (χ4n) is 4.35. The number of piperidine rings is 1. The number of pyridine rings is 2. The molecule has 1 aliphatic heterocycles. The zero-order valence-corrected chi connectivity index (χ0v) is 26.2. The van der Waals surface area contributed by atoms with E-state index >= 15 is 0 Å². The zero-order valence-electron chi connectivity index (χ0n) is 26.2. The topological polar surface area (TPSA) is 95.8 Å². The quantitative estimate of drug-likeness (QED) is 0.274. The van der Waals surface area contributed by atoms with E-state index in [-0.39, 0.29) is 37.4 Å². The van der Waals surface area contributed by atoms with Gasteiger partial charge in [-0.05, 0) is 91.5 Å². The molecule has 4 rings (SSSR count). The maximum absolute atomic E-state index is 13.9. The van der Waals surface area contributed by atoms with Crippen LogP contribution in [0.25, 0.3) is 11.1 Å². The molecule has 2 aliphatic rings. The Kier molecular flexibility index (Phi) is 14.0. The van der Waals surface area contributed by atoms with Crippen molar-refractivity contribution in [3.8, 4) is 11.1 Å². The highest BCUT2D eigenvalue weighted by molar-refractivity contribution is 5.84. The average Bonchev–Trinajstić information content (AvgIpc) is 3.67. The van der Waals surface area contributed by atoms with E-state index in [2.05, 4.69) is 28.7 Å². The molecular weight excluding hydrogens is 540 g/mol. The van der Waals surface area contributed by atoms with Crippen LogP contribution < -0.4 is 4.90 Å². The van der Waals surface area contributed by atoms with Crippen LogP contribution in [0.2, 0.25) is 0 Å². The van der Waals surface area contributed by atoms with Crippen molar-refractivity contribution in [2.75, 3.05) is 18.0 Å². The van der Waals surface area contributed by atoms with Crippen molar-refractivity contribution < 1.29 is 28.5 Å². The second kappa shape index (κ2) is 15.7. The SMILES string of the molecule is C.CC(C)(C)O.CC(O)C1CC1.Cc1ncc(-c2cnc(F)c(F)c2)c(N2CCC(C)(C)CC2)c1CC(=O)OC(C)C. The zero-order chi connectivity index (χ0) is 31.1. The molecule has 0 amide bonds. The van der Waals surface area contributed by atoms with E-state index in [9.17, 15) is 13.6 Å². The minimum atomic E-state index is -1.14. The van der Waals surface area contributed by atoms with Crippen molar-refractivity contribution in [3.05, 3.63) is 41.5 Å². The molecule has 0 radical (unpaired) electrons. The summed E-state index contributed by atoms with van der Waals surface area (Å²) in [6.07, 6.45) is 7.23. The molecule has 1 aliphatic carbocycles. The molecule has 0 bridgehead atoms. The van der Waals surface area contributed by atoms with Gasteiger partial charge in [0, 0.05) is 47.9 Å². The lowest BCUT2D eigenvalue weighted by Crippen LogP contribution is -2.38. The molecule has 238 valence electrons. The van der Waals surface area contributed by atoms with E-state index in [1.54, 1.807) is 40.8 Å². The van der Waals surface area contributed by atoms with Crippen LogP contribution in [0.1, 0.15) is 99.8 Å². The number of hydrogen-bond acceptors (Lipinski definition) is 7. The smallest absolute Gasteiger partial charge is 0.310 e. The van der Waals surface area contributed by atoms with Crippen LogP contribution in [0, 0.1) is 30.0 Å². The lowest BCUT2D eigenvalue weighted by atomic mass is 9.82. The Hall–Kier alpha value is -2.65. The molecule has 9 heteroatoms. The van der Waals surface area contributed by atoms with Gasteiger partial charge in [-0.3, -0.25) is 9.78 Å². The van der Waals surface area contributed by atoms with Gasteiger partial charge in [0.15, 0.2) is 5.82 Å². The fourth-order valence-corrected chi connectivity index (χ4v) is 4.35. The van der Waals surface area contributed by atoms with Gasteiger partial charge >= 0.3 is 5.97 Å². The van der Waals surface area contributed by atoms with Crippen molar-refractivity contribution in [3.63, 3.8) is 0 Å². The van der Waals surface area contributed by atoms with Crippen molar-refractivity contribution in [1.82, 2.24) is 9.97 Å². The molecule has 1 atom stereocenters. The van der Waals surface area contributed by atoms with Crippen LogP contribution >= 0.6 is 0 Å². The van der Waals surface area contributed by atoms with Gasteiger partial charge in [0.25, 0.3) is 0 Å². The number of rotatable bonds is 6. The predicted octanol–water partition coefficient (Wildman–Crippen LogP) is 7.04. The number of nitrogens with zero attached hydrogens (tertiary/aromatic N) is 3. The van der Waals surface area contributed by atoms with Gasteiger partial charge in [0.1, 0.15) is 0 Å². The predicted molar refractivity (Wildman–Crippen MR) is 165 cm³/mol. The molecule has 0 spiro atoms. The van der Waals surface area contributed by atoms with Crippen molar-refractivity contribution >= 4 is 11.7 Å². The molecule has 3 heterocycles. The van der Waals surface area contributed by atoms with Crippen LogP contribution in [0.4, 0.5) is 14.5 Å². The number of aliphatic hydroxyl groups excluding tert-OH is 1. The fraction of sp³-hybridized carbons (Fsp3) is 0.667. The third-order valence-electron chi connectivity index (χ3n) is 6.90. The largest absolute Gasteiger partial charge is 0.463 e. The van der Waals surface area contributed by atoms with Crippen molar-refractivity contribution in [2.45, 2.75) is 120 Å². The minimum Gasteiger partial charge on any atom is -0.463 e. The monoisotopic (exact) mass is 593 g/mol. The highest BCUT2D eigenvalue weighted by Gasteiger charge is 2.30. The molecule has 1 unspecified atom stereocenters. The van der Waals surface area contributed by atoms with Gasteiger partial charge in [-0.2, -0.15) is 4.39 Å². The highest BCUT2D eigenvalue weighted by atomic mass is 19.2. The summed E-state index contributed by atoms with van der Waals surface area (Å²) in [5.41, 5.74) is 3.10. The maximum Gasteiger partial charge on any atom is 0.310 e. The van der Waals surface area contributed by atoms with Crippen LogP contribution in [-0.4, -0.2) is 57.0 Å². The number of anilines is 1. The summed E-state index contributed by atoms with van der Waals surface area (Å²) in [5.74, 6) is -1.83. The lowest BCUT2D eigenvalue weighted by molar-refractivity contribution is -0.146. The Bertz CT molecular complexity index is 1140. The van der Waals surface area contributed by atoms with E-state index in [0.29, 0.717) is 17.0 Å². The summed E-state index contributed by atoms with van der Waals surface area (Å²) in [5, 5.41) is 17.2. The third-order valence-corrected chi connectivity index (χ3v) is 6.90. The maximum atomic E-state index is 13.9. The Morgan fingerprint density at radius 3 is 2.10 bits per heavy atom. The first kappa shape index (κ1) is 37.4. The number of aryl methyl sites for hydroxylation is 1. The van der Waals surface area contributed by atoms with Crippen LogP contribution in [0.15, 0.2) is 18.5 Å². The van der Waals surface area contributed by atoms with E-state index in [1.807, 2.05) is 13.8 Å². The summed E-state index contributed by atoms with van der Waals surface area (Å²) in [6.45, 7) is 18.6. The van der Waals surface area contributed by atoms with E-state index < -0.39 is 17.4 Å². The lowest BCUT2D eigenvalue weighted by Gasteiger charge is -2.40. The normalized spacial score (nSPS) is 16.8. The van der Waals surface area contributed by atoms with E-state index in [4.69, 9.17) is 14.9 Å². The molecule has 7 nitrogen and oxygen atoms in total. The van der Waals surface area contributed by atoms with Crippen LogP contribution in [0.3, 0.4) is 0 Å². The first-order valence-corrected chi connectivity index (χ1v) is 14.5. The molecule has 2 aromatic rings. The minimum absolute atomic E-state index is 0. The number of halogens is 2. The Morgan fingerprint density at radius 1 is 1.12 bits per heavy atom. The van der Waals surface area contributed by atoms with Gasteiger partial charge in [-0.1, -0.05) is 21.3 Å². The first-order valence-electron chi connectivity index (χ1n) is 14.5. The van der Waals surface area contributed by atoms with Gasteiger partial charge in [-0.25, -0.2) is 9.37 Å². The highest BCUT2D eigenvalue weighted by Crippen LogP contribution is 2.40. The number of ether oxygens (including phenoxy) is 1. The summed E-state index contributed by atoms with van der Waals surface area (Å²) < 4.78 is 32.7. The number of esters is 1. The second-order valence-electron chi connectivity index (χ2n) is 13.2. The number of aliphatic hydroxyl groups is 2.